The van der Waals surface area contributed by atoms with E-state index in [9.17, 15) is 15.2 Å². The van der Waals surface area contributed by atoms with E-state index in [1.165, 1.54) is 36.2 Å². The first-order valence-corrected chi connectivity index (χ1v) is 5.46. The van der Waals surface area contributed by atoms with E-state index < -0.39 is 11.0 Å². The third-order valence-electron chi connectivity index (χ3n) is 2.56. The van der Waals surface area contributed by atoms with Gasteiger partial charge >= 0.3 is 0 Å². The molecule has 8 heteroatoms. The van der Waals surface area contributed by atoms with Gasteiger partial charge in [-0.05, 0) is 13.0 Å². The predicted molar refractivity (Wildman–Crippen MR) is 65.2 cm³/mol. The van der Waals surface area contributed by atoms with Crippen LogP contribution in [0.4, 0.5) is 5.69 Å². The van der Waals surface area contributed by atoms with Gasteiger partial charge in [-0.15, -0.1) is 5.10 Å². The zero-order chi connectivity index (χ0) is 14.0. The van der Waals surface area contributed by atoms with E-state index in [0.717, 1.165) is 0 Å². The number of hydrogen-bond acceptors (Lipinski definition) is 6. The Morgan fingerprint density at radius 2 is 2.26 bits per heavy atom. The van der Waals surface area contributed by atoms with Crippen molar-refractivity contribution in [1.29, 1.82) is 0 Å². The zero-order valence-corrected chi connectivity index (χ0v) is 10.3. The third kappa shape index (κ3) is 2.52. The molecule has 0 amide bonds. The van der Waals surface area contributed by atoms with E-state index in [0.29, 0.717) is 17.1 Å². The van der Waals surface area contributed by atoms with Gasteiger partial charge in [0.1, 0.15) is 17.1 Å². The second kappa shape index (κ2) is 5.02. The number of rotatable bonds is 4. The highest BCUT2D eigenvalue weighted by molar-refractivity contribution is 5.53. The van der Waals surface area contributed by atoms with E-state index in [2.05, 4.69) is 10.3 Å². The summed E-state index contributed by atoms with van der Waals surface area (Å²) in [4.78, 5) is 10.3. The van der Waals surface area contributed by atoms with Crippen molar-refractivity contribution in [3.8, 4) is 11.4 Å². The fourth-order valence-electron chi connectivity index (χ4n) is 1.56. The lowest BCUT2D eigenvalue weighted by Crippen LogP contribution is -2.00. The van der Waals surface area contributed by atoms with Crippen molar-refractivity contribution in [3.63, 3.8) is 0 Å². The molecular weight excluding hydrogens is 252 g/mol. The summed E-state index contributed by atoms with van der Waals surface area (Å²) in [6, 6.07) is 4.16. The zero-order valence-electron chi connectivity index (χ0n) is 10.3. The van der Waals surface area contributed by atoms with Crippen LogP contribution in [-0.4, -0.2) is 32.1 Å². The van der Waals surface area contributed by atoms with Crippen molar-refractivity contribution in [3.05, 3.63) is 40.2 Å². The molecule has 1 N–H and O–H groups in total. The summed E-state index contributed by atoms with van der Waals surface area (Å²) in [6.45, 7) is 1.55. The molecule has 0 aliphatic heterocycles. The van der Waals surface area contributed by atoms with Crippen molar-refractivity contribution in [1.82, 2.24) is 15.0 Å². The van der Waals surface area contributed by atoms with Crippen LogP contribution in [0.25, 0.3) is 5.69 Å². The van der Waals surface area contributed by atoms with Gasteiger partial charge in [-0.2, -0.15) is 0 Å². The van der Waals surface area contributed by atoms with Crippen LogP contribution in [0.5, 0.6) is 5.75 Å². The molecule has 2 aromatic rings. The Morgan fingerprint density at radius 1 is 1.53 bits per heavy atom. The average molecular weight is 264 g/mol. The number of benzene rings is 1. The molecule has 1 aromatic carbocycles. The molecule has 0 radical (unpaired) electrons. The Bertz CT molecular complexity index is 608. The summed E-state index contributed by atoms with van der Waals surface area (Å²) in [5.41, 5.74) is 0.676. The molecule has 2 rings (SSSR count). The first kappa shape index (κ1) is 13.0. The second-order valence-electron chi connectivity index (χ2n) is 3.88. The van der Waals surface area contributed by atoms with Crippen LogP contribution in [0.2, 0.25) is 0 Å². The number of hydrogen-bond donors (Lipinski definition) is 1. The summed E-state index contributed by atoms with van der Waals surface area (Å²) in [5, 5.41) is 27.8. The largest absolute Gasteiger partial charge is 0.494 e. The number of aliphatic hydroxyl groups excluding tert-OH is 1. The quantitative estimate of drug-likeness (QED) is 0.658. The van der Waals surface area contributed by atoms with Crippen molar-refractivity contribution >= 4 is 5.69 Å². The average Bonchev–Trinajstić information content (AvgIpc) is 2.87. The molecule has 0 saturated heterocycles. The minimum absolute atomic E-state index is 0.0788. The Hall–Kier alpha value is -2.48. The Morgan fingerprint density at radius 3 is 2.79 bits per heavy atom. The van der Waals surface area contributed by atoms with Gasteiger partial charge in [-0.1, -0.05) is 5.21 Å². The molecule has 1 aromatic heterocycles. The molecule has 0 spiro atoms. The molecular formula is C11H12N4O4. The maximum absolute atomic E-state index is 10.8. The molecule has 1 atom stereocenters. The molecule has 100 valence electrons. The Kier molecular flexibility index (Phi) is 3.43. The van der Waals surface area contributed by atoms with Crippen molar-refractivity contribution in [2.24, 2.45) is 0 Å². The fraction of sp³-hybridized carbons (Fsp3) is 0.273. The van der Waals surface area contributed by atoms with Gasteiger partial charge in [-0.25, -0.2) is 4.68 Å². The number of nitro groups is 1. The number of nitrogens with zero attached hydrogens (tertiary/aromatic N) is 4. The topological polar surface area (TPSA) is 103 Å². The number of non-ortho nitro benzene ring substituents is 1. The predicted octanol–water partition coefficient (Wildman–Crippen LogP) is 1.24. The van der Waals surface area contributed by atoms with Gasteiger partial charge < -0.3 is 9.84 Å². The van der Waals surface area contributed by atoms with E-state index in [4.69, 9.17) is 4.74 Å². The van der Waals surface area contributed by atoms with Crippen molar-refractivity contribution in [2.75, 3.05) is 7.11 Å². The molecule has 0 aliphatic carbocycles. The van der Waals surface area contributed by atoms with Crippen LogP contribution in [0.15, 0.2) is 24.4 Å². The summed E-state index contributed by atoms with van der Waals surface area (Å²) in [6.07, 6.45) is 0.727. The minimum atomic E-state index is -0.765. The molecule has 0 saturated carbocycles. The van der Waals surface area contributed by atoms with Gasteiger partial charge in [0.15, 0.2) is 0 Å². The molecule has 1 unspecified atom stereocenters. The van der Waals surface area contributed by atoms with Crippen LogP contribution in [0.3, 0.4) is 0 Å². The van der Waals surface area contributed by atoms with Crippen molar-refractivity contribution < 1.29 is 14.8 Å². The lowest BCUT2D eigenvalue weighted by atomic mass is 10.2. The van der Waals surface area contributed by atoms with Gasteiger partial charge in [0.2, 0.25) is 0 Å². The van der Waals surface area contributed by atoms with Crippen LogP contribution in [-0.2, 0) is 0 Å². The normalized spacial score (nSPS) is 12.2. The first-order valence-electron chi connectivity index (χ1n) is 5.46. The summed E-state index contributed by atoms with van der Waals surface area (Å²) in [5.74, 6) is 0.424. The highest BCUT2D eigenvalue weighted by Gasteiger charge is 2.15. The van der Waals surface area contributed by atoms with Gasteiger partial charge in [0.05, 0.1) is 24.3 Å². The highest BCUT2D eigenvalue weighted by Crippen LogP contribution is 2.27. The van der Waals surface area contributed by atoms with E-state index in [-0.39, 0.29) is 5.69 Å². The van der Waals surface area contributed by atoms with Crippen LogP contribution >= 0.6 is 0 Å². The molecule has 0 fully saturated rings. The van der Waals surface area contributed by atoms with E-state index in [1.807, 2.05) is 0 Å². The lowest BCUT2D eigenvalue weighted by Gasteiger charge is -2.07. The van der Waals surface area contributed by atoms with Crippen molar-refractivity contribution in [2.45, 2.75) is 13.0 Å². The number of ether oxygens (including phenoxy) is 1. The van der Waals surface area contributed by atoms with Crippen LogP contribution in [0.1, 0.15) is 18.7 Å². The summed E-state index contributed by atoms with van der Waals surface area (Å²) >= 11 is 0. The minimum Gasteiger partial charge on any atom is -0.494 e. The van der Waals surface area contributed by atoms with Gasteiger partial charge in [0, 0.05) is 12.1 Å². The molecule has 0 bridgehead atoms. The number of nitro benzene ring substituents is 1. The molecule has 8 nitrogen and oxygen atoms in total. The third-order valence-corrected chi connectivity index (χ3v) is 2.56. The Labute approximate surface area is 108 Å². The Balaban J connectivity index is 2.51. The maximum atomic E-state index is 10.8. The van der Waals surface area contributed by atoms with Gasteiger partial charge in [0.25, 0.3) is 5.69 Å². The standard InChI is InChI=1S/C11H12N4O4/c1-7(16)9-6-14(13-12-9)10-5-8(15(17)18)3-4-11(10)19-2/h3-7,16H,1-2H3. The van der Waals surface area contributed by atoms with E-state index in [1.54, 1.807) is 6.92 Å². The number of methoxy groups -OCH3 is 1. The summed E-state index contributed by atoms with van der Waals surface area (Å²) < 4.78 is 6.46. The smallest absolute Gasteiger partial charge is 0.271 e. The van der Waals surface area contributed by atoms with Crippen LogP contribution in [0, 0.1) is 10.1 Å². The molecule has 0 aliphatic rings. The fourth-order valence-corrected chi connectivity index (χ4v) is 1.56. The molecule has 19 heavy (non-hydrogen) atoms. The maximum Gasteiger partial charge on any atom is 0.271 e. The first-order chi connectivity index (χ1) is 9.02. The second-order valence-corrected chi connectivity index (χ2v) is 3.88. The monoisotopic (exact) mass is 264 g/mol. The number of aliphatic hydroxyl groups is 1. The van der Waals surface area contributed by atoms with E-state index >= 15 is 0 Å². The SMILES string of the molecule is COc1ccc([N+](=O)[O-])cc1-n1cc(C(C)O)nn1. The van der Waals surface area contributed by atoms with Gasteiger partial charge in [-0.3, -0.25) is 10.1 Å². The highest BCUT2D eigenvalue weighted by atomic mass is 16.6. The lowest BCUT2D eigenvalue weighted by molar-refractivity contribution is -0.384. The number of aromatic nitrogens is 3. The summed E-state index contributed by atoms with van der Waals surface area (Å²) in [7, 11) is 1.46. The van der Waals surface area contributed by atoms with Crippen LogP contribution < -0.4 is 4.74 Å². The molecule has 1 heterocycles.